The number of rotatable bonds is 6. The molecule has 1 aliphatic rings. The summed E-state index contributed by atoms with van der Waals surface area (Å²) in [5.74, 6) is 0.140. The van der Waals surface area contributed by atoms with Crippen LogP contribution in [-0.4, -0.2) is 35.1 Å². The Morgan fingerprint density at radius 1 is 1.45 bits per heavy atom. The second-order valence-corrected chi connectivity index (χ2v) is 8.29. The van der Waals surface area contributed by atoms with Gasteiger partial charge in [0.15, 0.2) is 0 Å². The van der Waals surface area contributed by atoms with E-state index >= 15 is 0 Å². The van der Waals surface area contributed by atoms with E-state index in [-0.39, 0.29) is 5.91 Å². The highest BCUT2D eigenvalue weighted by Crippen LogP contribution is 2.30. The molecule has 3 nitrogen and oxygen atoms in total. The summed E-state index contributed by atoms with van der Waals surface area (Å²) in [4.78, 5) is 15.1. The van der Waals surface area contributed by atoms with Crippen molar-refractivity contribution in [1.29, 1.82) is 0 Å². The number of aliphatic hydroxyl groups is 1. The summed E-state index contributed by atoms with van der Waals surface area (Å²) in [6, 6.07) is 4.15. The predicted molar refractivity (Wildman–Crippen MR) is 86.0 cm³/mol. The van der Waals surface area contributed by atoms with E-state index < -0.39 is 5.60 Å². The molecule has 0 radical (unpaired) electrons. The van der Waals surface area contributed by atoms with Crippen molar-refractivity contribution in [3.63, 3.8) is 0 Å². The fraction of sp³-hybridized carbons (Fsp3) is 0.667. The first-order valence-corrected chi connectivity index (χ1v) is 8.80. The molecule has 1 saturated carbocycles. The third-order valence-corrected chi connectivity index (χ3v) is 5.62. The molecule has 20 heavy (non-hydrogen) atoms. The van der Waals surface area contributed by atoms with Gasteiger partial charge in [-0.25, -0.2) is 0 Å². The highest BCUT2D eigenvalue weighted by Gasteiger charge is 2.33. The summed E-state index contributed by atoms with van der Waals surface area (Å²) in [5.41, 5.74) is -0.636. The average molecular weight is 360 g/mol. The highest BCUT2D eigenvalue weighted by molar-refractivity contribution is 9.11. The molecule has 0 spiro atoms. The Morgan fingerprint density at radius 2 is 2.15 bits per heavy atom. The standard InChI is InChI=1S/C15H22BrNO2S/c1-17(11-15(19)9-2-3-10-15)14(18)6-4-5-12-7-8-13(16)20-12/h7-8,19H,2-6,9-11H2,1H3. The van der Waals surface area contributed by atoms with Crippen LogP contribution >= 0.6 is 27.3 Å². The lowest BCUT2D eigenvalue weighted by Gasteiger charge is -2.28. The summed E-state index contributed by atoms with van der Waals surface area (Å²) in [7, 11) is 1.81. The molecule has 1 fully saturated rings. The molecule has 0 aliphatic heterocycles. The van der Waals surface area contributed by atoms with Gasteiger partial charge >= 0.3 is 0 Å². The Labute approximate surface area is 133 Å². The van der Waals surface area contributed by atoms with Crippen LogP contribution < -0.4 is 0 Å². The number of amides is 1. The molecule has 0 bridgehead atoms. The maximum Gasteiger partial charge on any atom is 0.222 e. The second kappa shape index (κ2) is 7.05. The van der Waals surface area contributed by atoms with E-state index in [1.54, 1.807) is 23.3 Å². The van der Waals surface area contributed by atoms with E-state index in [0.29, 0.717) is 13.0 Å². The second-order valence-electron chi connectivity index (χ2n) is 5.74. The number of nitrogens with zero attached hydrogens (tertiary/aromatic N) is 1. The van der Waals surface area contributed by atoms with E-state index in [1.165, 1.54) is 4.88 Å². The Bertz CT molecular complexity index is 454. The topological polar surface area (TPSA) is 40.5 Å². The zero-order valence-corrected chi connectivity index (χ0v) is 14.3. The van der Waals surface area contributed by atoms with Crippen LogP contribution in [0.15, 0.2) is 15.9 Å². The normalized spacial score (nSPS) is 17.4. The molecule has 1 N–H and O–H groups in total. The molecular weight excluding hydrogens is 338 g/mol. The van der Waals surface area contributed by atoms with E-state index in [4.69, 9.17) is 0 Å². The van der Waals surface area contributed by atoms with Gasteiger partial charge in [0.1, 0.15) is 0 Å². The molecular formula is C15H22BrNO2S. The van der Waals surface area contributed by atoms with Crippen molar-refractivity contribution in [2.24, 2.45) is 0 Å². The van der Waals surface area contributed by atoms with Crippen molar-refractivity contribution in [3.8, 4) is 0 Å². The third kappa shape index (κ3) is 4.57. The van der Waals surface area contributed by atoms with Crippen LogP contribution in [0.5, 0.6) is 0 Å². The largest absolute Gasteiger partial charge is 0.388 e. The quantitative estimate of drug-likeness (QED) is 0.842. The fourth-order valence-corrected chi connectivity index (χ4v) is 4.34. The molecule has 1 aliphatic carbocycles. The van der Waals surface area contributed by atoms with E-state index in [9.17, 15) is 9.90 Å². The van der Waals surface area contributed by atoms with Gasteiger partial charge in [0, 0.05) is 24.9 Å². The number of thiophene rings is 1. The Morgan fingerprint density at radius 3 is 2.75 bits per heavy atom. The number of carbonyl (C=O) groups is 1. The lowest BCUT2D eigenvalue weighted by Crippen LogP contribution is -2.41. The summed E-state index contributed by atoms with van der Waals surface area (Å²) in [5, 5.41) is 10.3. The Kier molecular flexibility index (Phi) is 5.64. The Balaban J connectivity index is 1.71. The molecule has 112 valence electrons. The maximum atomic E-state index is 12.1. The van der Waals surface area contributed by atoms with Gasteiger partial charge in [0.05, 0.1) is 9.39 Å². The predicted octanol–water partition coefficient (Wildman–Crippen LogP) is 3.60. The van der Waals surface area contributed by atoms with Crippen molar-refractivity contribution in [3.05, 3.63) is 20.8 Å². The average Bonchev–Trinajstić information content (AvgIpc) is 2.98. The monoisotopic (exact) mass is 359 g/mol. The van der Waals surface area contributed by atoms with Crippen LogP contribution in [-0.2, 0) is 11.2 Å². The van der Waals surface area contributed by atoms with Crippen LogP contribution in [0.3, 0.4) is 0 Å². The van der Waals surface area contributed by atoms with Crippen LogP contribution in [0.1, 0.15) is 43.4 Å². The maximum absolute atomic E-state index is 12.1. The summed E-state index contributed by atoms with van der Waals surface area (Å²) < 4.78 is 1.14. The minimum absolute atomic E-state index is 0.140. The van der Waals surface area contributed by atoms with Crippen LogP contribution in [0.2, 0.25) is 0 Å². The molecule has 0 aromatic carbocycles. The molecule has 1 heterocycles. The number of carbonyl (C=O) groups excluding carboxylic acids is 1. The number of aryl methyl sites for hydroxylation is 1. The first-order valence-electron chi connectivity index (χ1n) is 7.19. The number of halogens is 1. The smallest absolute Gasteiger partial charge is 0.222 e. The van der Waals surface area contributed by atoms with Crippen molar-refractivity contribution in [2.45, 2.75) is 50.5 Å². The minimum Gasteiger partial charge on any atom is -0.388 e. The lowest BCUT2D eigenvalue weighted by atomic mass is 10.0. The van der Waals surface area contributed by atoms with Gasteiger partial charge in [-0.1, -0.05) is 12.8 Å². The third-order valence-electron chi connectivity index (χ3n) is 3.93. The van der Waals surface area contributed by atoms with Gasteiger partial charge in [-0.2, -0.15) is 0 Å². The summed E-state index contributed by atoms with van der Waals surface area (Å²) >= 11 is 5.17. The van der Waals surface area contributed by atoms with Crippen molar-refractivity contribution >= 4 is 33.2 Å². The van der Waals surface area contributed by atoms with Crippen molar-refractivity contribution in [2.75, 3.05) is 13.6 Å². The first kappa shape index (κ1) is 16.0. The SMILES string of the molecule is CN(CC1(O)CCCC1)C(=O)CCCc1ccc(Br)s1. The van der Waals surface area contributed by atoms with Crippen LogP contribution in [0.4, 0.5) is 0 Å². The van der Waals surface area contributed by atoms with Crippen LogP contribution in [0, 0.1) is 0 Å². The number of likely N-dealkylation sites (N-methyl/N-ethyl adjacent to an activating group) is 1. The van der Waals surface area contributed by atoms with Gasteiger partial charge in [-0.05, 0) is 53.7 Å². The molecule has 2 rings (SSSR count). The van der Waals surface area contributed by atoms with Gasteiger partial charge in [-0.15, -0.1) is 11.3 Å². The molecule has 5 heteroatoms. The fourth-order valence-electron chi connectivity index (χ4n) is 2.81. The van der Waals surface area contributed by atoms with E-state index in [1.807, 2.05) is 6.07 Å². The Hall–Kier alpha value is -0.390. The van der Waals surface area contributed by atoms with Crippen molar-refractivity contribution in [1.82, 2.24) is 4.90 Å². The lowest BCUT2D eigenvalue weighted by molar-refractivity contribution is -0.133. The summed E-state index contributed by atoms with van der Waals surface area (Å²) in [6.45, 7) is 0.483. The zero-order valence-electron chi connectivity index (χ0n) is 11.9. The molecule has 1 aromatic heterocycles. The van der Waals surface area contributed by atoms with E-state index in [0.717, 1.165) is 42.3 Å². The number of hydrogen-bond donors (Lipinski definition) is 1. The molecule has 1 aromatic rings. The first-order chi connectivity index (χ1) is 9.48. The molecule has 0 saturated heterocycles. The van der Waals surface area contributed by atoms with Gasteiger partial charge in [0.25, 0.3) is 0 Å². The van der Waals surface area contributed by atoms with E-state index in [2.05, 4.69) is 22.0 Å². The molecule has 0 atom stereocenters. The van der Waals surface area contributed by atoms with Crippen molar-refractivity contribution < 1.29 is 9.90 Å². The van der Waals surface area contributed by atoms with Gasteiger partial charge < -0.3 is 10.0 Å². The van der Waals surface area contributed by atoms with Crippen LogP contribution in [0.25, 0.3) is 0 Å². The number of hydrogen-bond acceptors (Lipinski definition) is 3. The highest BCUT2D eigenvalue weighted by atomic mass is 79.9. The summed E-state index contributed by atoms with van der Waals surface area (Å²) in [6.07, 6.45) is 6.18. The van der Waals surface area contributed by atoms with Gasteiger partial charge in [0.2, 0.25) is 5.91 Å². The molecule has 0 unspecified atom stereocenters. The molecule has 1 amide bonds. The zero-order chi connectivity index (χ0) is 14.6. The minimum atomic E-state index is -0.636. The van der Waals surface area contributed by atoms with Gasteiger partial charge in [-0.3, -0.25) is 4.79 Å².